The third kappa shape index (κ3) is 2.72. The Hall–Kier alpha value is -0.790. The van der Waals surface area contributed by atoms with Gasteiger partial charge in [-0.3, -0.25) is 10.1 Å². The van der Waals surface area contributed by atoms with Gasteiger partial charge in [0.15, 0.2) is 5.11 Å². The molecule has 2 N–H and O–H groups in total. The molecule has 7 heteroatoms. The number of carbonyl (C=O) groups excluding carboxylic acids is 1. The van der Waals surface area contributed by atoms with E-state index in [1.54, 1.807) is 12.1 Å². The summed E-state index contributed by atoms with van der Waals surface area (Å²) in [5.41, 5.74) is 0.903. The molecule has 0 saturated heterocycles. The summed E-state index contributed by atoms with van der Waals surface area (Å²) in [6, 6.07) is 3.46. The minimum Gasteiger partial charge on any atom is -0.506 e. The third-order valence-corrected chi connectivity index (χ3v) is 3.44. The van der Waals surface area contributed by atoms with E-state index in [0.29, 0.717) is 15.7 Å². The summed E-state index contributed by atoms with van der Waals surface area (Å²) >= 11 is 11.3. The van der Waals surface area contributed by atoms with Gasteiger partial charge in [0.05, 0.1) is 4.47 Å². The number of carbonyl (C=O) groups is 1. The van der Waals surface area contributed by atoms with E-state index < -0.39 is 0 Å². The molecule has 0 unspecified atom stereocenters. The van der Waals surface area contributed by atoms with Crippen LogP contribution in [0.15, 0.2) is 26.1 Å². The normalized spacial score (nSPS) is 14.8. The first kappa shape index (κ1) is 12.7. The summed E-state index contributed by atoms with van der Waals surface area (Å²) < 4.78 is 1.36. The van der Waals surface area contributed by atoms with Crippen molar-refractivity contribution < 1.29 is 9.90 Å². The van der Waals surface area contributed by atoms with Crippen LogP contribution < -0.4 is 5.32 Å². The predicted octanol–water partition coefficient (Wildman–Crippen LogP) is 2.32. The SMILES string of the molecule is O=C1NC(=S)N=C1Cc1cc(Br)cc(Br)c1O. The Morgan fingerprint density at radius 1 is 1.41 bits per heavy atom. The number of aromatic hydroxyl groups is 1. The maximum atomic E-state index is 11.4. The van der Waals surface area contributed by atoms with Crippen molar-refractivity contribution in [3.63, 3.8) is 0 Å². The number of hydrogen-bond donors (Lipinski definition) is 2. The van der Waals surface area contributed by atoms with Crippen molar-refractivity contribution in [1.82, 2.24) is 5.32 Å². The minimum atomic E-state index is -0.314. The third-order valence-electron chi connectivity index (χ3n) is 2.18. The van der Waals surface area contributed by atoms with Gasteiger partial charge in [0.2, 0.25) is 0 Å². The zero-order valence-electron chi connectivity index (χ0n) is 8.33. The smallest absolute Gasteiger partial charge is 0.272 e. The second-order valence-electron chi connectivity index (χ2n) is 3.39. The van der Waals surface area contributed by atoms with E-state index in [9.17, 15) is 9.90 Å². The second-order valence-corrected chi connectivity index (χ2v) is 5.55. The Bertz CT molecular complexity index is 557. The number of phenols is 1. The summed E-state index contributed by atoms with van der Waals surface area (Å²) in [6.45, 7) is 0. The molecule has 2 rings (SSSR count). The van der Waals surface area contributed by atoms with Crippen LogP contribution in [0.1, 0.15) is 5.56 Å². The summed E-state index contributed by atoms with van der Waals surface area (Å²) in [6.07, 6.45) is 0.232. The average Bonchev–Trinajstić information content (AvgIpc) is 2.53. The number of aliphatic imine (C=N–C) groups is 1. The van der Waals surface area contributed by atoms with Gasteiger partial charge >= 0.3 is 0 Å². The van der Waals surface area contributed by atoms with E-state index >= 15 is 0 Å². The van der Waals surface area contributed by atoms with Crippen LogP contribution in [0.25, 0.3) is 0 Å². The molecule has 0 spiro atoms. The standard InChI is InChI=1S/C10H6Br2N2O2S/c11-5-1-4(8(15)6(12)3-5)2-7-9(16)14-10(17)13-7/h1,3,15H,2H2,(H,14,16,17). The van der Waals surface area contributed by atoms with E-state index in [1.807, 2.05) is 0 Å². The zero-order chi connectivity index (χ0) is 12.6. The van der Waals surface area contributed by atoms with Crippen molar-refractivity contribution in [1.29, 1.82) is 0 Å². The van der Waals surface area contributed by atoms with Crippen LogP contribution in [-0.4, -0.2) is 21.8 Å². The van der Waals surface area contributed by atoms with Crippen LogP contribution in [0.3, 0.4) is 0 Å². The van der Waals surface area contributed by atoms with E-state index in [1.165, 1.54) is 0 Å². The molecule has 0 aromatic heterocycles. The molecular weight excluding hydrogens is 372 g/mol. The summed E-state index contributed by atoms with van der Waals surface area (Å²) in [7, 11) is 0. The number of thiocarbonyl (C=S) groups is 1. The molecule has 1 aliphatic rings. The Balaban J connectivity index is 2.34. The van der Waals surface area contributed by atoms with Gasteiger partial charge in [0.25, 0.3) is 5.91 Å². The Morgan fingerprint density at radius 2 is 2.12 bits per heavy atom. The van der Waals surface area contributed by atoms with Crippen molar-refractivity contribution >= 4 is 60.8 Å². The molecule has 0 radical (unpaired) electrons. The van der Waals surface area contributed by atoms with E-state index in [4.69, 9.17) is 12.2 Å². The lowest BCUT2D eigenvalue weighted by Crippen LogP contribution is -2.26. The molecule has 0 atom stereocenters. The first-order chi connectivity index (χ1) is 7.97. The molecule has 4 nitrogen and oxygen atoms in total. The lowest BCUT2D eigenvalue weighted by atomic mass is 10.1. The molecule has 1 amide bonds. The average molecular weight is 378 g/mol. The molecule has 88 valence electrons. The van der Waals surface area contributed by atoms with Crippen molar-refractivity contribution in [3.8, 4) is 5.75 Å². The van der Waals surface area contributed by atoms with Gasteiger partial charge in [-0.05, 0) is 40.3 Å². The number of phenolic OH excluding ortho intramolecular Hbond substituents is 1. The quantitative estimate of drug-likeness (QED) is 0.777. The van der Waals surface area contributed by atoms with Crippen LogP contribution in [0.4, 0.5) is 0 Å². The number of hydrogen-bond acceptors (Lipinski definition) is 3. The summed E-state index contributed by atoms with van der Waals surface area (Å²) in [4.78, 5) is 15.3. The van der Waals surface area contributed by atoms with Crippen molar-refractivity contribution in [2.45, 2.75) is 6.42 Å². The van der Waals surface area contributed by atoms with Gasteiger partial charge in [-0.2, -0.15) is 0 Å². The minimum absolute atomic E-state index is 0.0986. The highest BCUT2D eigenvalue weighted by molar-refractivity contribution is 9.11. The molecule has 0 fully saturated rings. The van der Waals surface area contributed by atoms with Crippen molar-refractivity contribution in [2.24, 2.45) is 4.99 Å². The van der Waals surface area contributed by atoms with Crippen molar-refractivity contribution in [3.05, 3.63) is 26.6 Å². The van der Waals surface area contributed by atoms with E-state index in [0.717, 1.165) is 4.47 Å². The zero-order valence-corrected chi connectivity index (χ0v) is 12.3. The Morgan fingerprint density at radius 3 is 2.71 bits per heavy atom. The number of nitrogens with zero attached hydrogens (tertiary/aromatic N) is 1. The van der Waals surface area contributed by atoms with Crippen molar-refractivity contribution in [2.75, 3.05) is 0 Å². The fourth-order valence-corrected chi connectivity index (χ4v) is 2.94. The van der Waals surface area contributed by atoms with Gasteiger partial charge in [-0.25, -0.2) is 4.99 Å². The highest BCUT2D eigenvalue weighted by Crippen LogP contribution is 2.32. The van der Waals surface area contributed by atoms with Crippen LogP contribution in [0, 0.1) is 0 Å². The lowest BCUT2D eigenvalue weighted by molar-refractivity contribution is -0.113. The van der Waals surface area contributed by atoms with Crippen LogP contribution in [0.2, 0.25) is 0 Å². The maximum Gasteiger partial charge on any atom is 0.272 e. The van der Waals surface area contributed by atoms with Crippen LogP contribution >= 0.6 is 44.1 Å². The largest absolute Gasteiger partial charge is 0.506 e. The van der Waals surface area contributed by atoms with Gasteiger partial charge in [0.1, 0.15) is 11.5 Å². The molecule has 0 aliphatic carbocycles. The van der Waals surface area contributed by atoms with E-state index in [2.05, 4.69) is 42.2 Å². The fourth-order valence-electron chi connectivity index (χ4n) is 1.42. The van der Waals surface area contributed by atoms with Crippen LogP contribution in [-0.2, 0) is 11.2 Å². The molecule has 1 aromatic carbocycles. The molecular formula is C10H6Br2N2O2S. The maximum absolute atomic E-state index is 11.4. The molecule has 1 heterocycles. The molecule has 0 bridgehead atoms. The number of amides is 1. The monoisotopic (exact) mass is 376 g/mol. The number of rotatable bonds is 2. The fraction of sp³-hybridized carbons (Fsp3) is 0.100. The first-order valence-electron chi connectivity index (χ1n) is 4.57. The number of benzene rings is 1. The number of halogens is 2. The summed E-state index contributed by atoms with van der Waals surface area (Å²) in [5, 5.41) is 12.4. The first-order valence-corrected chi connectivity index (χ1v) is 6.56. The lowest BCUT2D eigenvalue weighted by Gasteiger charge is -2.06. The van der Waals surface area contributed by atoms with Gasteiger partial charge < -0.3 is 5.11 Å². The number of nitrogens with one attached hydrogen (secondary N) is 1. The Kier molecular flexibility index (Phi) is 3.60. The summed E-state index contributed by atoms with van der Waals surface area (Å²) in [5.74, 6) is -0.216. The Labute approximate surface area is 119 Å². The molecule has 17 heavy (non-hydrogen) atoms. The second kappa shape index (κ2) is 4.83. The van der Waals surface area contributed by atoms with Gasteiger partial charge in [0, 0.05) is 16.5 Å². The highest BCUT2D eigenvalue weighted by Gasteiger charge is 2.22. The predicted molar refractivity (Wildman–Crippen MR) is 75.4 cm³/mol. The topological polar surface area (TPSA) is 61.7 Å². The highest BCUT2D eigenvalue weighted by atomic mass is 79.9. The van der Waals surface area contributed by atoms with E-state index in [-0.39, 0.29) is 23.2 Å². The molecule has 0 saturated carbocycles. The van der Waals surface area contributed by atoms with Crippen LogP contribution in [0.5, 0.6) is 5.75 Å². The van der Waals surface area contributed by atoms with Gasteiger partial charge in [-0.1, -0.05) is 15.9 Å². The van der Waals surface area contributed by atoms with Gasteiger partial charge in [-0.15, -0.1) is 0 Å². The molecule has 1 aromatic rings. The molecule has 1 aliphatic heterocycles.